The van der Waals surface area contributed by atoms with Crippen molar-refractivity contribution >= 4 is 28.0 Å². The molecule has 5 heteroatoms. The second kappa shape index (κ2) is 3.34. The highest BCUT2D eigenvalue weighted by Crippen LogP contribution is 2.13. The Kier molecular flexibility index (Phi) is 2.43. The lowest BCUT2D eigenvalue weighted by molar-refractivity contribution is 0.322. The summed E-state index contributed by atoms with van der Waals surface area (Å²) in [5.74, 6) is 0.339. The molecule has 0 saturated carbocycles. The van der Waals surface area contributed by atoms with Gasteiger partial charge in [-0.25, -0.2) is 4.98 Å². The molecule has 0 bridgehead atoms. The van der Waals surface area contributed by atoms with Crippen molar-refractivity contribution in [1.29, 1.82) is 0 Å². The predicted octanol–water partition coefficient (Wildman–Crippen LogP) is 1.23. The summed E-state index contributed by atoms with van der Waals surface area (Å²) in [6.07, 6.45) is 2.80. The molecule has 1 rings (SSSR count). The normalized spacial score (nSPS) is 10.6. The predicted molar refractivity (Wildman–Crippen MR) is 45.7 cm³/mol. The lowest BCUT2D eigenvalue weighted by Gasteiger charge is -1.96. The van der Waals surface area contributed by atoms with Gasteiger partial charge in [-0.05, 0) is 22.0 Å². The molecular formula is C6H6BrN3O. The third-order valence-corrected chi connectivity index (χ3v) is 1.55. The third-order valence-electron chi connectivity index (χ3n) is 1.11. The number of anilines is 1. The third kappa shape index (κ3) is 1.91. The molecule has 1 aromatic heterocycles. The monoisotopic (exact) mass is 215 g/mol. The summed E-state index contributed by atoms with van der Waals surface area (Å²) in [6, 6.07) is 1.71. The Bertz CT molecular complexity index is 287. The minimum atomic E-state index is 0.339. The molecule has 0 amide bonds. The maximum atomic E-state index is 8.21. The largest absolute Gasteiger partial charge is 0.411 e. The summed E-state index contributed by atoms with van der Waals surface area (Å²) in [7, 11) is 0. The van der Waals surface area contributed by atoms with Crippen LogP contribution in [0.3, 0.4) is 0 Å². The van der Waals surface area contributed by atoms with Gasteiger partial charge in [-0.1, -0.05) is 5.16 Å². The zero-order chi connectivity index (χ0) is 8.27. The Balaban J connectivity index is 3.12. The molecular weight excluding hydrogens is 210 g/mol. The second-order valence-corrected chi connectivity index (χ2v) is 2.79. The second-order valence-electron chi connectivity index (χ2n) is 1.87. The van der Waals surface area contributed by atoms with Crippen LogP contribution in [0, 0.1) is 0 Å². The van der Waals surface area contributed by atoms with Crippen LogP contribution in [-0.4, -0.2) is 16.4 Å². The van der Waals surface area contributed by atoms with Gasteiger partial charge in [-0.2, -0.15) is 0 Å². The maximum Gasteiger partial charge on any atom is 0.132 e. The van der Waals surface area contributed by atoms with Crippen LogP contribution in [0.5, 0.6) is 0 Å². The van der Waals surface area contributed by atoms with Crippen LogP contribution in [0.2, 0.25) is 0 Å². The van der Waals surface area contributed by atoms with Gasteiger partial charge in [0.15, 0.2) is 0 Å². The quantitative estimate of drug-likeness (QED) is 0.421. The van der Waals surface area contributed by atoms with Crippen LogP contribution >= 0.6 is 15.9 Å². The van der Waals surface area contributed by atoms with Crippen LogP contribution in [-0.2, 0) is 0 Å². The fourth-order valence-electron chi connectivity index (χ4n) is 0.631. The van der Waals surface area contributed by atoms with Crippen LogP contribution < -0.4 is 5.73 Å². The standard InChI is InChI=1S/C6H6BrN3O/c7-5-1-4(2-10-11)6(8)9-3-5/h1-3,11H,(H2,8,9)/b10-2+. The topological polar surface area (TPSA) is 71.5 Å². The lowest BCUT2D eigenvalue weighted by atomic mass is 10.3. The van der Waals surface area contributed by atoms with Crippen molar-refractivity contribution in [3.63, 3.8) is 0 Å². The fraction of sp³-hybridized carbons (Fsp3) is 0. The molecule has 58 valence electrons. The Hall–Kier alpha value is -1.10. The number of hydrogen-bond donors (Lipinski definition) is 2. The van der Waals surface area contributed by atoms with Crippen molar-refractivity contribution < 1.29 is 5.21 Å². The van der Waals surface area contributed by atoms with Crippen LogP contribution in [0.25, 0.3) is 0 Å². The zero-order valence-corrected chi connectivity index (χ0v) is 7.12. The van der Waals surface area contributed by atoms with Crippen molar-refractivity contribution in [2.24, 2.45) is 5.16 Å². The van der Waals surface area contributed by atoms with Gasteiger partial charge in [-0.3, -0.25) is 0 Å². The number of pyridine rings is 1. The first kappa shape index (κ1) is 8.00. The number of hydrogen-bond acceptors (Lipinski definition) is 4. The van der Waals surface area contributed by atoms with Gasteiger partial charge in [0, 0.05) is 16.2 Å². The molecule has 0 atom stereocenters. The molecule has 0 unspecified atom stereocenters. The van der Waals surface area contributed by atoms with E-state index in [2.05, 4.69) is 26.1 Å². The molecule has 0 aliphatic heterocycles. The van der Waals surface area contributed by atoms with Crippen molar-refractivity contribution in [3.8, 4) is 0 Å². The van der Waals surface area contributed by atoms with Gasteiger partial charge in [0.05, 0.1) is 6.21 Å². The Labute approximate surface area is 71.9 Å². The molecule has 0 radical (unpaired) electrons. The summed E-state index contributed by atoms with van der Waals surface area (Å²) in [4.78, 5) is 3.83. The van der Waals surface area contributed by atoms with E-state index in [9.17, 15) is 0 Å². The van der Waals surface area contributed by atoms with Gasteiger partial charge >= 0.3 is 0 Å². The van der Waals surface area contributed by atoms with Crippen molar-refractivity contribution in [3.05, 3.63) is 22.3 Å². The highest BCUT2D eigenvalue weighted by Gasteiger charge is 1.97. The number of halogens is 1. The summed E-state index contributed by atoms with van der Waals surface area (Å²) >= 11 is 3.20. The first-order valence-electron chi connectivity index (χ1n) is 2.82. The smallest absolute Gasteiger partial charge is 0.132 e. The van der Waals surface area contributed by atoms with Crippen molar-refractivity contribution in [2.45, 2.75) is 0 Å². The van der Waals surface area contributed by atoms with Crippen LogP contribution in [0.15, 0.2) is 21.9 Å². The number of nitrogen functional groups attached to an aromatic ring is 1. The van der Waals surface area contributed by atoms with Gasteiger partial charge < -0.3 is 10.9 Å². The van der Waals surface area contributed by atoms with Crippen LogP contribution in [0.1, 0.15) is 5.56 Å². The lowest BCUT2D eigenvalue weighted by Crippen LogP contribution is -1.96. The maximum absolute atomic E-state index is 8.21. The van der Waals surface area contributed by atoms with Crippen molar-refractivity contribution in [1.82, 2.24) is 4.98 Å². The SMILES string of the molecule is Nc1ncc(Br)cc1/C=N/O. The zero-order valence-electron chi connectivity index (χ0n) is 5.53. The molecule has 4 nitrogen and oxygen atoms in total. The van der Waals surface area contributed by atoms with E-state index in [4.69, 9.17) is 10.9 Å². The van der Waals surface area contributed by atoms with E-state index in [-0.39, 0.29) is 0 Å². The van der Waals surface area contributed by atoms with Gasteiger partial charge in [-0.15, -0.1) is 0 Å². The summed E-state index contributed by atoms with van der Waals surface area (Å²) < 4.78 is 0.793. The molecule has 11 heavy (non-hydrogen) atoms. The molecule has 0 aromatic carbocycles. The van der Waals surface area contributed by atoms with E-state index < -0.39 is 0 Å². The minimum absolute atomic E-state index is 0.339. The van der Waals surface area contributed by atoms with Gasteiger partial charge in [0.25, 0.3) is 0 Å². The first-order chi connectivity index (χ1) is 5.24. The molecule has 3 N–H and O–H groups in total. The van der Waals surface area contributed by atoms with E-state index in [0.717, 1.165) is 4.47 Å². The highest BCUT2D eigenvalue weighted by atomic mass is 79.9. The summed E-state index contributed by atoms with van der Waals surface area (Å²) in [5, 5.41) is 11.0. The van der Waals surface area contributed by atoms with Gasteiger partial charge in [0.2, 0.25) is 0 Å². The van der Waals surface area contributed by atoms with E-state index in [0.29, 0.717) is 11.4 Å². The van der Waals surface area contributed by atoms with Gasteiger partial charge in [0.1, 0.15) is 5.82 Å². The number of nitrogens with two attached hydrogens (primary N) is 1. The molecule has 0 fully saturated rings. The molecule has 0 saturated heterocycles. The number of oxime groups is 1. The average molecular weight is 216 g/mol. The van der Waals surface area contributed by atoms with E-state index >= 15 is 0 Å². The molecule has 0 aliphatic carbocycles. The summed E-state index contributed by atoms with van der Waals surface area (Å²) in [5.41, 5.74) is 6.03. The van der Waals surface area contributed by atoms with Crippen molar-refractivity contribution in [2.75, 3.05) is 5.73 Å². The first-order valence-corrected chi connectivity index (χ1v) is 3.62. The average Bonchev–Trinajstić information content (AvgIpc) is 1.98. The molecule has 0 aliphatic rings. The number of aromatic nitrogens is 1. The minimum Gasteiger partial charge on any atom is -0.411 e. The number of rotatable bonds is 1. The molecule has 0 spiro atoms. The Morgan fingerprint density at radius 3 is 3.09 bits per heavy atom. The summed E-state index contributed by atoms with van der Waals surface area (Å²) in [6.45, 7) is 0. The van der Waals surface area contributed by atoms with Crippen LogP contribution in [0.4, 0.5) is 5.82 Å². The number of nitrogens with zero attached hydrogens (tertiary/aromatic N) is 2. The Morgan fingerprint density at radius 2 is 2.45 bits per heavy atom. The Morgan fingerprint density at radius 1 is 1.73 bits per heavy atom. The van der Waals surface area contributed by atoms with E-state index in [1.807, 2.05) is 0 Å². The van der Waals surface area contributed by atoms with E-state index in [1.165, 1.54) is 6.21 Å². The fourth-order valence-corrected chi connectivity index (χ4v) is 0.980. The molecule has 1 heterocycles. The van der Waals surface area contributed by atoms with E-state index in [1.54, 1.807) is 12.3 Å². The molecule has 1 aromatic rings. The highest BCUT2D eigenvalue weighted by molar-refractivity contribution is 9.10.